The number of nitrogens with two attached hydrogens (primary N) is 1. The average Bonchev–Trinajstić information content (AvgIpc) is 3.30. The summed E-state index contributed by atoms with van der Waals surface area (Å²) in [7, 11) is 0. The van der Waals surface area contributed by atoms with Crippen LogP contribution in [0, 0.1) is 5.92 Å². The average molecular weight is 426 g/mol. The molecule has 1 saturated heterocycles. The number of hydrogen-bond donors (Lipinski definition) is 3. The maximum absolute atomic E-state index is 5.94. The van der Waals surface area contributed by atoms with Crippen molar-refractivity contribution in [1.82, 2.24) is 9.97 Å². The maximum Gasteiger partial charge on any atom is 0.0921 e. The van der Waals surface area contributed by atoms with Gasteiger partial charge in [-0.2, -0.15) is 12.6 Å². The Kier molecular flexibility index (Phi) is 8.64. The number of allylic oxidation sites excluding steroid dienone is 4. The van der Waals surface area contributed by atoms with E-state index in [4.69, 9.17) is 10.5 Å². The van der Waals surface area contributed by atoms with E-state index in [1.54, 1.807) is 6.33 Å². The molecule has 30 heavy (non-hydrogen) atoms. The van der Waals surface area contributed by atoms with Gasteiger partial charge in [-0.15, -0.1) is 0 Å². The highest BCUT2D eigenvalue weighted by atomic mass is 32.1. The van der Waals surface area contributed by atoms with Gasteiger partial charge in [-0.3, -0.25) is 0 Å². The van der Waals surface area contributed by atoms with Gasteiger partial charge in [0.15, 0.2) is 0 Å². The first kappa shape index (κ1) is 22.7. The van der Waals surface area contributed by atoms with Crippen molar-refractivity contribution in [3.63, 3.8) is 0 Å². The lowest BCUT2D eigenvalue weighted by Gasteiger charge is -2.25. The number of aromatic nitrogens is 2. The Bertz CT molecular complexity index is 851. The van der Waals surface area contributed by atoms with Crippen LogP contribution in [0.2, 0.25) is 0 Å². The van der Waals surface area contributed by atoms with Crippen molar-refractivity contribution in [2.24, 2.45) is 5.92 Å². The van der Waals surface area contributed by atoms with Gasteiger partial charge in [-0.05, 0) is 86.5 Å². The van der Waals surface area contributed by atoms with Gasteiger partial charge in [-0.1, -0.05) is 23.8 Å². The second-order valence-corrected chi connectivity index (χ2v) is 8.72. The maximum atomic E-state index is 5.94. The summed E-state index contributed by atoms with van der Waals surface area (Å²) in [5.74, 6) is 2.16. The van der Waals surface area contributed by atoms with Crippen LogP contribution in [0.15, 0.2) is 59.6 Å². The third-order valence-corrected chi connectivity index (χ3v) is 6.73. The van der Waals surface area contributed by atoms with Crippen LogP contribution >= 0.6 is 12.6 Å². The Balaban J connectivity index is 0.000000269. The SMILES string of the molecule is CC1=C(C)C(C(Cc2cccc(N)c2)c2cnc[nH]2)=CCC1.SCC1CCOCC1. The van der Waals surface area contributed by atoms with E-state index in [1.165, 1.54) is 47.2 Å². The molecule has 2 aromatic rings. The summed E-state index contributed by atoms with van der Waals surface area (Å²) in [5.41, 5.74) is 13.5. The number of rotatable bonds is 5. The minimum atomic E-state index is 0.305. The highest BCUT2D eigenvalue weighted by molar-refractivity contribution is 7.80. The lowest BCUT2D eigenvalue weighted by atomic mass is 9.80. The number of nitrogens with one attached hydrogen (secondary N) is 1. The molecule has 1 aliphatic carbocycles. The number of hydrogen-bond acceptors (Lipinski definition) is 4. The molecule has 0 spiro atoms. The highest BCUT2D eigenvalue weighted by Crippen LogP contribution is 2.36. The molecule has 1 aromatic heterocycles. The molecule has 1 unspecified atom stereocenters. The van der Waals surface area contributed by atoms with Crippen LogP contribution in [0.4, 0.5) is 5.69 Å². The highest BCUT2D eigenvalue weighted by Gasteiger charge is 2.22. The van der Waals surface area contributed by atoms with Gasteiger partial charge in [0.1, 0.15) is 0 Å². The zero-order chi connectivity index (χ0) is 21.3. The van der Waals surface area contributed by atoms with Gasteiger partial charge in [0.05, 0.1) is 6.33 Å². The second-order valence-electron chi connectivity index (χ2n) is 8.35. The van der Waals surface area contributed by atoms with Crippen LogP contribution in [0.5, 0.6) is 0 Å². The molecule has 0 amide bonds. The van der Waals surface area contributed by atoms with E-state index in [0.29, 0.717) is 5.92 Å². The van der Waals surface area contributed by atoms with Crippen molar-refractivity contribution >= 4 is 18.3 Å². The Morgan fingerprint density at radius 2 is 2.07 bits per heavy atom. The van der Waals surface area contributed by atoms with Crippen LogP contribution in [-0.2, 0) is 11.2 Å². The number of nitrogen functional groups attached to an aromatic ring is 1. The quantitative estimate of drug-likeness (QED) is 0.424. The van der Waals surface area contributed by atoms with Crippen LogP contribution < -0.4 is 5.73 Å². The summed E-state index contributed by atoms with van der Waals surface area (Å²) >= 11 is 4.21. The lowest BCUT2D eigenvalue weighted by molar-refractivity contribution is 0.0729. The fraction of sp³-hybridized carbons (Fsp3) is 0.480. The molecule has 162 valence electrons. The van der Waals surface area contributed by atoms with E-state index in [0.717, 1.165) is 43.4 Å². The largest absolute Gasteiger partial charge is 0.399 e. The number of ether oxygens (including phenoxy) is 1. The Morgan fingerprint density at radius 1 is 1.27 bits per heavy atom. The van der Waals surface area contributed by atoms with E-state index >= 15 is 0 Å². The van der Waals surface area contributed by atoms with E-state index in [-0.39, 0.29) is 0 Å². The second kappa shape index (κ2) is 11.4. The molecule has 1 fully saturated rings. The normalized spacial score (nSPS) is 18.4. The number of H-pyrrole nitrogens is 1. The summed E-state index contributed by atoms with van der Waals surface area (Å²) in [4.78, 5) is 7.52. The summed E-state index contributed by atoms with van der Waals surface area (Å²) in [6.07, 6.45) is 11.7. The van der Waals surface area contributed by atoms with Crippen molar-refractivity contribution < 1.29 is 4.74 Å². The van der Waals surface area contributed by atoms with Crippen molar-refractivity contribution in [2.45, 2.75) is 51.9 Å². The van der Waals surface area contributed by atoms with E-state index < -0.39 is 0 Å². The predicted molar refractivity (Wildman–Crippen MR) is 129 cm³/mol. The van der Waals surface area contributed by atoms with Gasteiger partial charge in [-0.25, -0.2) is 4.98 Å². The van der Waals surface area contributed by atoms with E-state index in [2.05, 4.69) is 54.7 Å². The number of aromatic amines is 1. The van der Waals surface area contributed by atoms with Crippen molar-refractivity contribution in [1.29, 1.82) is 0 Å². The van der Waals surface area contributed by atoms with Gasteiger partial charge in [0, 0.05) is 36.7 Å². The number of thiol groups is 1. The molecular formula is C25H35N3OS. The molecule has 3 N–H and O–H groups in total. The van der Waals surface area contributed by atoms with Crippen LogP contribution in [0.1, 0.15) is 56.7 Å². The molecule has 2 aliphatic rings. The van der Waals surface area contributed by atoms with Crippen LogP contribution in [0.25, 0.3) is 0 Å². The third-order valence-electron chi connectivity index (χ3n) is 6.22. The molecule has 0 saturated carbocycles. The number of anilines is 1. The summed E-state index contributed by atoms with van der Waals surface area (Å²) in [5, 5.41) is 0. The zero-order valence-corrected chi connectivity index (χ0v) is 19.1. The van der Waals surface area contributed by atoms with E-state index in [9.17, 15) is 0 Å². The predicted octanol–water partition coefficient (Wildman–Crippen LogP) is 5.72. The first-order chi connectivity index (χ1) is 14.6. The van der Waals surface area contributed by atoms with Crippen molar-refractivity contribution in [3.05, 3.63) is 70.8 Å². The fourth-order valence-corrected chi connectivity index (χ4v) is 4.53. The van der Waals surface area contributed by atoms with Gasteiger partial charge >= 0.3 is 0 Å². The van der Waals surface area contributed by atoms with Crippen molar-refractivity contribution in [2.75, 3.05) is 24.7 Å². The smallest absolute Gasteiger partial charge is 0.0921 e. The van der Waals surface area contributed by atoms with Crippen LogP contribution in [0.3, 0.4) is 0 Å². The molecule has 4 rings (SSSR count). The molecule has 1 aromatic carbocycles. The number of nitrogens with zero attached hydrogens (tertiary/aromatic N) is 1. The zero-order valence-electron chi connectivity index (χ0n) is 18.2. The minimum Gasteiger partial charge on any atom is -0.399 e. The van der Waals surface area contributed by atoms with Gasteiger partial charge < -0.3 is 15.5 Å². The Hall–Kier alpha value is -1.98. The first-order valence-corrected chi connectivity index (χ1v) is 11.6. The molecule has 4 nitrogen and oxygen atoms in total. The molecular weight excluding hydrogens is 390 g/mol. The summed E-state index contributed by atoms with van der Waals surface area (Å²) < 4.78 is 5.17. The number of imidazole rings is 1. The lowest BCUT2D eigenvalue weighted by Crippen LogP contribution is -2.16. The van der Waals surface area contributed by atoms with Crippen molar-refractivity contribution in [3.8, 4) is 0 Å². The molecule has 1 aliphatic heterocycles. The van der Waals surface area contributed by atoms with Gasteiger partial charge in [0.2, 0.25) is 0 Å². The standard InChI is InChI=1S/C19H23N3.C6H12OS/c1-13-5-3-8-17(14(13)2)18(19-11-21-12-22-19)10-15-6-4-7-16(20)9-15;8-5-6-1-3-7-4-2-6/h4,6-9,11-12,18H,3,5,10,20H2,1-2H3,(H,21,22);6,8H,1-5H2. The first-order valence-electron chi connectivity index (χ1n) is 11.0. The molecule has 2 heterocycles. The number of benzene rings is 1. The van der Waals surface area contributed by atoms with Gasteiger partial charge in [0.25, 0.3) is 0 Å². The Labute approximate surface area is 186 Å². The molecule has 0 bridgehead atoms. The Morgan fingerprint density at radius 3 is 2.70 bits per heavy atom. The molecule has 1 atom stereocenters. The minimum absolute atomic E-state index is 0.305. The third kappa shape index (κ3) is 6.26. The summed E-state index contributed by atoms with van der Waals surface area (Å²) in [6, 6.07) is 8.18. The van der Waals surface area contributed by atoms with Crippen LogP contribution in [-0.4, -0.2) is 28.9 Å². The fourth-order valence-electron chi connectivity index (χ4n) is 4.16. The summed E-state index contributed by atoms with van der Waals surface area (Å²) in [6.45, 7) is 6.38. The molecule has 5 heteroatoms. The van der Waals surface area contributed by atoms with E-state index in [1.807, 2.05) is 18.3 Å². The monoisotopic (exact) mass is 425 g/mol. The molecule has 0 radical (unpaired) electrons. The topological polar surface area (TPSA) is 63.9 Å².